The summed E-state index contributed by atoms with van der Waals surface area (Å²) in [6.07, 6.45) is 5.23. The Labute approximate surface area is 133 Å². The van der Waals surface area contributed by atoms with Crippen LogP contribution in [0.25, 0.3) is 0 Å². The van der Waals surface area contributed by atoms with Crippen molar-refractivity contribution in [1.82, 2.24) is 20.0 Å². The molecule has 3 rings (SSSR count). The maximum absolute atomic E-state index is 12.4. The number of aromatic nitrogens is 4. The van der Waals surface area contributed by atoms with Gasteiger partial charge in [0.05, 0.1) is 17.8 Å². The number of anilines is 2. The van der Waals surface area contributed by atoms with Crippen LogP contribution in [0.3, 0.4) is 0 Å². The largest absolute Gasteiger partial charge is 0.354 e. The average molecular weight is 321 g/mol. The van der Waals surface area contributed by atoms with E-state index in [0.29, 0.717) is 11.7 Å². The second kappa shape index (κ2) is 6.31. The van der Waals surface area contributed by atoms with Crippen LogP contribution in [-0.4, -0.2) is 39.0 Å². The van der Waals surface area contributed by atoms with Gasteiger partial charge in [0, 0.05) is 26.3 Å². The van der Waals surface area contributed by atoms with Crippen LogP contribution in [0.2, 0.25) is 5.15 Å². The van der Waals surface area contributed by atoms with Gasteiger partial charge in [0.15, 0.2) is 11.0 Å². The van der Waals surface area contributed by atoms with Gasteiger partial charge in [-0.1, -0.05) is 11.6 Å². The smallest absolute Gasteiger partial charge is 0.229 e. The molecule has 3 heterocycles. The summed E-state index contributed by atoms with van der Waals surface area (Å²) in [7, 11) is 1.82. The molecule has 0 saturated carbocycles. The predicted molar refractivity (Wildman–Crippen MR) is 83.8 cm³/mol. The number of piperidine rings is 1. The molecular weight excluding hydrogens is 304 g/mol. The highest BCUT2D eigenvalue weighted by atomic mass is 35.5. The average Bonchev–Trinajstić information content (AvgIpc) is 2.93. The van der Waals surface area contributed by atoms with Crippen LogP contribution in [-0.2, 0) is 11.8 Å². The molecule has 8 heteroatoms. The van der Waals surface area contributed by atoms with Crippen LogP contribution in [0.1, 0.15) is 12.8 Å². The number of amides is 1. The van der Waals surface area contributed by atoms with Gasteiger partial charge in [-0.3, -0.25) is 9.48 Å². The molecule has 22 heavy (non-hydrogen) atoms. The quantitative estimate of drug-likeness (QED) is 0.932. The monoisotopic (exact) mass is 320 g/mol. The fraction of sp³-hybridized carbons (Fsp3) is 0.429. The zero-order valence-electron chi connectivity index (χ0n) is 12.2. The van der Waals surface area contributed by atoms with Crippen molar-refractivity contribution in [3.8, 4) is 0 Å². The Bertz CT molecular complexity index is 656. The van der Waals surface area contributed by atoms with Gasteiger partial charge < -0.3 is 10.2 Å². The second-order valence-electron chi connectivity index (χ2n) is 5.39. The molecule has 0 bridgehead atoms. The summed E-state index contributed by atoms with van der Waals surface area (Å²) in [4.78, 5) is 14.4. The van der Waals surface area contributed by atoms with E-state index in [2.05, 4.69) is 25.5 Å². The summed E-state index contributed by atoms with van der Waals surface area (Å²) in [5, 5.41) is 15.3. The van der Waals surface area contributed by atoms with Crippen LogP contribution in [0.4, 0.5) is 11.5 Å². The molecule has 1 N–H and O–H groups in total. The third-order valence-corrected chi connectivity index (χ3v) is 3.91. The summed E-state index contributed by atoms with van der Waals surface area (Å²) in [5.74, 6) is 0.689. The zero-order valence-corrected chi connectivity index (χ0v) is 13.0. The minimum atomic E-state index is -0.0774. The van der Waals surface area contributed by atoms with Crippen molar-refractivity contribution >= 4 is 29.0 Å². The lowest BCUT2D eigenvalue weighted by atomic mass is 9.97. The number of carbonyl (C=O) groups is 1. The van der Waals surface area contributed by atoms with E-state index in [1.165, 1.54) is 0 Å². The first kappa shape index (κ1) is 14.8. The second-order valence-corrected chi connectivity index (χ2v) is 5.78. The first-order valence-electron chi connectivity index (χ1n) is 7.15. The van der Waals surface area contributed by atoms with Gasteiger partial charge in [-0.2, -0.15) is 5.10 Å². The SMILES string of the molecule is Cn1cc(NC(=O)[C@@H]2CCCN(c3ccc(Cl)nn3)C2)cn1. The van der Waals surface area contributed by atoms with Crippen LogP contribution < -0.4 is 10.2 Å². The highest BCUT2D eigenvalue weighted by molar-refractivity contribution is 6.29. The molecule has 116 valence electrons. The maximum Gasteiger partial charge on any atom is 0.229 e. The van der Waals surface area contributed by atoms with Crippen molar-refractivity contribution in [2.45, 2.75) is 12.8 Å². The van der Waals surface area contributed by atoms with Gasteiger partial charge in [0.1, 0.15) is 0 Å². The number of hydrogen-bond acceptors (Lipinski definition) is 5. The molecule has 1 atom stereocenters. The summed E-state index contributed by atoms with van der Waals surface area (Å²) >= 11 is 5.76. The van der Waals surface area contributed by atoms with Crippen LogP contribution in [0, 0.1) is 5.92 Å². The molecule has 2 aromatic rings. The number of nitrogens with one attached hydrogen (secondary N) is 1. The van der Waals surface area contributed by atoms with E-state index < -0.39 is 0 Å². The molecule has 0 unspecified atom stereocenters. The Balaban J connectivity index is 1.64. The Morgan fingerprint density at radius 2 is 2.27 bits per heavy atom. The minimum absolute atomic E-state index is 0.0135. The van der Waals surface area contributed by atoms with Crippen molar-refractivity contribution < 1.29 is 4.79 Å². The molecule has 0 radical (unpaired) electrons. The Hall–Kier alpha value is -2.15. The maximum atomic E-state index is 12.4. The van der Waals surface area contributed by atoms with E-state index in [4.69, 9.17) is 11.6 Å². The van der Waals surface area contributed by atoms with Crippen LogP contribution >= 0.6 is 11.6 Å². The lowest BCUT2D eigenvalue weighted by molar-refractivity contribution is -0.120. The minimum Gasteiger partial charge on any atom is -0.354 e. The first-order valence-corrected chi connectivity index (χ1v) is 7.53. The lowest BCUT2D eigenvalue weighted by Crippen LogP contribution is -2.41. The molecule has 0 aliphatic carbocycles. The van der Waals surface area contributed by atoms with Crippen LogP contribution in [0.5, 0.6) is 0 Å². The van der Waals surface area contributed by atoms with Gasteiger partial charge in [-0.15, -0.1) is 10.2 Å². The number of carbonyl (C=O) groups excluding carboxylic acids is 1. The van der Waals surface area contributed by atoms with Gasteiger partial charge in [0.2, 0.25) is 5.91 Å². The summed E-state index contributed by atoms with van der Waals surface area (Å²) in [5.41, 5.74) is 0.718. The van der Waals surface area contributed by atoms with E-state index in [1.807, 2.05) is 13.1 Å². The normalized spacial score (nSPS) is 18.3. The predicted octanol–water partition coefficient (Wildman–Crippen LogP) is 1.72. The summed E-state index contributed by atoms with van der Waals surface area (Å²) in [6, 6.07) is 3.54. The Morgan fingerprint density at radius 1 is 1.41 bits per heavy atom. The molecule has 1 amide bonds. The van der Waals surface area contributed by atoms with E-state index in [9.17, 15) is 4.79 Å². The molecule has 7 nitrogen and oxygen atoms in total. The summed E-state index contributed by atoms with van der Waals surface area (Å²) in [6.45, 7) is 1.50. The highest BCUT2D eigenvalue weighted by Crippen LogP contribution is 2.23. The van der Waals surface area contributed by atoms with Gasteiger partial charge in [-0.05, 0) is 25.0 Å². The zero-order chi connectivity index (χ0) is 15.5. The number of rotatable bonds is 3. The number of halogens is 1. The molecule has 1 aliphatic rings. The fourth-order valence-electron chi connectivity index (χ4n) is 2.61. The van der Waals surface area contributed by atoms with Crippen molar-refractivity contribution in [2.24, 2.45) is 13.0 Å². The van der Waals surface area contributed by atoms with Gasteiger partial charge >= 0.3 is 0 Å². The Morgan fingerprint density at radius 3 is 2.95 bits per heavy atom. The number of nitrogens with zero attached hydrogens (tertiary/aromatic N) is 5. The number of aryl methyl sites for hydroxylation is 1. The van der Waals surface area contributed by atoms with E-state index in [0.717, 1.165) is 30.9 Å². The molecular formula is C14H17ClN6O. The van der Waals surface area contributed by atoms with Gasteiger partial charge in [0.25, 0.3) is 0 Å². The molecule has 0 spiro atoms. The van der Waals surface area contributed by atoms with E-state index in [1.54, 1.807) is 23.1 Å². The fourth-order valence-corrected chi connectivity index (χ4v) is 2.71. The first-order chi connectivity index (χ1) is 10.6. The van der Waals surface area contributed by atoms with E-state index in [-0.39, 0.29) is 11.8 Å². The van der Waals surface area contributed by atoms with E-state index >= 15 is 0 Å². The van der Waals surface area contributed by atoms with Crippen molar-refractivity contribution in [3.63, 3.8) is 0 Å². The molecule has 1 saturated heterocycles. The molecule has 1 fully saturated rings. The third-order valence-electron chi connectivity index (χ3n) is 3.71. The lowest BCUT2D eigenvalue weighted by Gasteiger charge is -2.32. The summed E-state index contributed by atoms with van der Waals surface area (Å²) < 4.78 is 1.66. The molecule has 0 aromatic carbocycles. The van der Waals surface area contributed by atoms with Crippen LogP contribution in [0.15, 0.2) is 24.5 Å². The molecule has 1 aliphatic heterocycles. The van der Waals surface area contributed by atoms with Crippen molar-refractivity contribution in [3.05, 3.63) is 29.7 Å². The topological polar surface area (TPSA) is 75.9 Å². The van der Waals surface area contributed by atoms with Crippen molar-refractivity contribution in [1.29, 1.82) is 0 Å². The third kappa shape index (κ3) is 3.36. The van der Waals surface area contributed by atoms with Gasteiger partial charge in [-0.25, -0.2) is 0 Å². The van der Waals surface area contributed by atoms with Crippen molar-refractivity contribution in [2.75, 3.05) is 23.3 Å². The number of hydrogen-bond donors (Lipinski definition) is 1. The highest BCUT2D eigenvalue weighted by Gasteiger charge is 2.27. The molecule has 2 aromatic heterocycles. The Kier molecular flexibility index (Phi) is 4.24. The standard InChI is InChI=1S/C14H17ClN6O/c1-20-9-11(7-16-20)17-14(22)10-3-2-6-21(8-10)13-5-4-12(15)18-19-13/h4-5,7,9-10H,2-3,6,8H2,1H3,(H,17,22)/t10-/m1/s1.